The van der Waals surface area contributed by atoms with Crippen molar-refractivity contribution in [1.82, 2.24) is 29.4 Å². The van der Waals surface area contributed by atoms with Gasteiger partial charge in [-0.1, -0.05) is 12.1 Å². The first kappa shape index (κ1) is 23.9. The van der Waals surface area contributed by atoms with Crippen LogP contribution in [0.5, 0.6) is 0 Å². The molecule has 1 aromatic carbocycles. The molecular formula is C20H22FN7O4S. The maximum atomic E-state index is 13.2. The van der Waals surface area contributed by atoms with Crippen molar-refractivity contribution in [1.29, 1.82) is 0 Å². The van der Waals surface area contributed by atoms with Crippen molar-refractivity contribution in [3.63, 3.8) is 0 Å². The molecule has 3 rings (SSSR count). The number of benzene rings is 1. The summed E-state index contributed by atoms with van der Waals surface area (Å²) in [7, 11) is 3.06. The quantitative estimate of drug-likeness (QED) is 0.479. The summed E-state index contributed by atoms with van der Waals surface area (Å²) >= 11 is 0.959. The molecule has 2 N–H and O–H groups in total. The minimum Gasteiger partial charge on any atom is -0.383 e. The second-order valence-electron chi connectivity index (χ2n) is 6.89. The molecule has 0 saturated carbocycles. The normalized spacial score (nSPS) is 10.6. The Balaban J connectivity index is 1.54. The van der Waals surface area contributed by atoms with Gasteiger partial charge >= 0.3 is 6.03 Å². The minimum absolute atomic E-state index is 0.0702. The number of hydrogen-bond acceptors (Lipinski definition) is 8. The Labute approximate surface area is 192 Å². The zero-order valence-electron chi connectivity index (χ0n) is 17.9. The summed E-state index contributed by atoms with van der Waals surface area (Å²) in [6, 6.07) is 8.01. The number of anilines is 1. The van der Waals surface area contributed by atoms with Gasteiger partial charge in [0, 0.05) is 38.3 Å². The van der Waals surface area contributed by atoms with E-state index in [0.717, 1.165) is 16.2 Å². The van der Waals surface area contributed by atoms with Gasteiger partial charge in [-0.25, -0.2) is 18.9 Å². The van der Waals surface area contributed by atoms with E-state index >= 15 is 0 Å². The topological polar surface area (TPSA) is 131 Å². The van der Waals surface area contributed by atoms with E-state index in [4.69, 9.17) is 4.74 Å². The van der Waals surface area contributed by atoms with Crippen molar-refractivity contribution >= 4 is 28.6 Å². The Kier molecular flexibility index (Phi) is 8.16. The summed E-state index contributed by atoms with van der Waals surface area (Å²) < 4.78 is 23.4. The smallest absolute Gasteiger partial charge is 0.321 e. The van der Waals surface area contributed by atoms with E-state index in [2.05, 4.69) is 25.1 Å². The summed E-state index contributed by atoms with van der Waals surface area (Å²) in [4.78, 5) is 42.1. The SMILES string of the molecule is COCCn1nc(C(=O)N(C)Cc2nsc(NC(=O)NCc3cccc(F)c3)n2)ccc1=O. The third kappa shape index (κ3) is 6.89. The maximum Gasteiger partial charge on any atom is 0.321 e. The van der Waals surface area contributed by atoms with E-state index < -0.39 is 11.9 Å². The molecule has 3 aromatic rings. The highest BCUT2D eigenvalue weighted by Crippen LogP contribution is 2.13. The highest BCUT2D eigenvalue weighted by Gasteiger charge is 2.17. The lowest BCUT2D eigenvalue weighted by Gasteiger charge is -2.15. The first-order valence-electron chi connectivity index (χ1n) is 9.80. The molecule has 174 valence electrons. The molecule has 11 nitrogen and oxygen atoms in total. The van der Waals surface area contributed by atoms with Crippen LogP contribution in [0.3, 0.4) is 0 Å². The summed E-state index contributed by atoms with van der Waals surface area (Å²) in [6.45, 7) is 0.728. The summed E-state index contributed by atoms with van der Waals surface area (Å²) in [5, 5.41) is 9.47. The fourth-order valence-corrected chi connectivity index (χ4v) is 3.29. The molecule has 33 heavy (non-hydrogen) atoms. The monoisotopic (exact) mass is 475 g/mol. The van der Waals surface area contributed by atoms with Crippen LogP contribution in [0.25, 0.3) is 0 Å². The van der Waals surface area contributed by atoms with Gasteiger partial charge < -0.3 is 15.0 Å². The highest BCUT2D eigenvalue weighted by atomic mass is 32.1. The number of urea groups is 1. The summed E-state index contributed by atoms with van der Waals surface area (Å²) in [5.41, 5.74) is 0.378. The van der Waals surface area contributed by atoms with E-state index in [1.165, 1.54) is 36.3 Å². The number of carbonyl (C=O) groups excluding carboxylic acids is 2. The fraction of sp³-hybridized carbons (Fsp3) is 0.300. The zero-order valence-corrected chi connectivity index (χ0v) is 18.8. The van der Waals surface area contributed by atoms with Crippen LogP contribution in [0.1, 0.15) is 21.9 Å². The highest BCUT2D eigenvalue weighted by molar-refractivity contribution is 7.09. The minimum atomic E-state index is -0.520. The van der Waals surface area contributed by atoms with E-state index in [1.807, 2.05) is 0 Å². The largest absolute Gasteiger partial charge is 0.383 e. The lowest BCUT2D eigenvalue weighted by Crippen LogP contribution is -2.31. The van der Waals surface area contributed by atoms with E-state index in [1.54, 1.807) is 19.2 Å². The number of hydrogen-bond donors (Lipinski definition) is 2. The average Bonchev–Trinajstić information content (AvgIpc) is 3.23. The van der Waals surface area contributed by atoms with Crippen molar-refractivity contribution < 1.29 is 18.7 Å². The first-order chi connectivity index (χ1) is 15.9. The lowest BCUT2D eigenvalue weighted by atomic mass is 10.2. The number of ether oxygens (including phenoxy) is 1. The Morgan fingerprint density at radius 1 is 1.27 bits per heavy atom. The van der Waals surface area contributed by atoms with Crippen LogP contribution in [0, 0.1) is 5.82 Å². The van der Waals surface area contributed by atoms with Crippen molar-refractivity contribution in [2.45, 2.75) is 19.6 Å². The van der Waals surface area contributed by atoms with Crippen LogP contribution < -0.4 is 16.2 Å². The Bertz CT molecular complexity index is 1180. The summed E-state index contributed by atoms with van der Waals surface area (Å²) in [6.07, 6.45) is 0. The third-order valence-electron chi connectivity index (χ3n) is 4.35. The van der Waals surface area contributed by atoms with Crippen molar-refractivity contribution in [2.24, 2.45) is 0 Å². The predicted octanol–water partition coefficient (Wildman–Crippen LogP) is 1.47. The lowest BCUT2D eigenvalue weighted by molar-refractivity contribution is 0.0772. The van der Waals surface area contributed by atoms with Crippen LogP contribution >= 0.6 is 11.5 Å². The van der Waals surface area contributed by atoms with Gasteiger partial charge in [0.25, 0.3) is 11.5 Å². The van der Waals surface area contributed by atoms with Crippen molar-refractivity contribution in [2.75, 3.05) is 26.1 Å². The molecule has 0 radical (unpaired) electrons. The first-order valence-corrected chi connectivity index (χ1v) is 10.6. The molecule has 0 aliphatic carbocycles. The number of methoxy groups -OCH3 is 1. The van der Waals surface area contributed by atoms with Crippen LogP contribution in [-0.2, 0) is 24.4 Å². The van der Waals surface area contributed by atoms with Crippen molar-refractivity contribution in [3.05, 3.63) is 69.7 Å². The number of aromatic nitrogens is 4. The zero-order chi connectivity index (χ0) is 23.8. The maximum absolute atomic E-state index is 13.2. The number of amides is 3. The molecule has 0 unspecified atom stereocenters. The second kappa shape index (κ2) is 11.2. The molecule has 13 heteroatoms. The molecule has 0 aliphatic rings. The molecule has 0 atom stereocenters. The standard InChI is InChI=1S/C20H22FN7O4S/c1-27(18(30)15-6-7-17(29)28(25-15)8-9-32-2)12-16-23-20(33-26-16)24-19(31)22-11-13-4-3-5-14(21)10-13/h3-7,10H,8-9,11-12H2,1-2H3,(H2,22,23,24,26,31). The Morgan fingerprint density at radius 2 is 2.09 bits per heavy atom. The van der Waals surface area contributed by atoms with Gasteiger partial charge in [-0.15, -0.1) is 0 Å². The van der Waals surface area contributed by atoms with E-state index in [-0.39, 0.29) is 48.4 Å². The Morgan fingerprint density at radius 3 is 2.85 bits per heavy atom. The van der Waals surface area contributed by atoms with Gasteiger partial charge in [-0.05, 0) is 23.8 Å². The average molecular weight is 476 g/mol. The van der Waals surface area contributed by atoms with Crippen LogP contribution in [0.4, 0.5) is 14.3 Å². The molecule has 2 aromatic heterocycles. The van der Waals surface area contributed by atoms with Gasteiger partial charge in [-0.3, -0.25) is 14.9 Å². The molecule has 2 heterocycles. The molecule has 0 aliphatic heterocycles. The predicted molar refractivity (Wildman–Crippen MR) is 118 cm³/mol. The van der Waals surface area contributed by atoms with E-state index in [9.17, 15) is 18.8 Å². The number of nitrogens with one attached hydrogen (secondary N) is 2. The van der Waals surface area contributed by atoms with Gasteiger partial charge in [-0.2, -0.15) is 9.47 Å². The van der Waals surface area contributed by atoms with Crippen LogP contribution in [0.15, 0.2) is 41.2 Å². The van der Waals surface area contributed by atoms with E-state index in [0.29, 0.717) is 11.4 Å². The molecule has 3 amide bonds. The number of halogens is 1. The number of carbonyl (C=O) groups is 2. The third-order valence-corrected chi connectivity index (χ3v) is 5.02. The number of rotatable bonds is 9. The molecule has 0 spiro atoms. The van der Waals surface area contributed by atoms with Crippen LogP contribution in [0.2, 0.25) is 0 Å². The molecule has 0 saturated heterocycles. The molecule has 0 bridgehead atoms. The number of nitrogens with zero attached hydrogens (tertiary/aromatic N) is 5. The second-order valence-corrected chi connectivity index (χ2v) is 7.64. The molecule has 0 fully saturated rings. The summed E-state index contributed by atoms with van der Waals surface area (Å²) in [5.74, 6) is -0.478. The Hall–Kier alpha value is -3.71. The van der Waals surface area contributed by atoms with Crippen LogP contribution in [-0.4, -0.2) is 56.7 Å². The van der Waals surface area contributed by atoms with Gasteiger partial charge in [0.1, 0.15) is 11.5 Å². The fourth-order valence-electron chi connectivity index (χ4n) is 2.72. The van der Waals surface area contributed by atoms with Crippen molar-refractivity contribution in [3.8, 4) is 0 Å². The van der Waals surface area contributed by atoms with Gasteiger partial charge in [0.05, 0.1) is 19.7 Å². The molecular weight excluding hydrogens is 453 g/mol. The van der Waals surface area contributed by atoms with Gasteiger partial charge in [0.2, 0.25) is 5.13 Å². The van der Waals surface area contributed by atoms with Gasteiger partial charge in [0.15, 0.2) is 5.82 Å².